The summed E-state index contributed by atoms with van der Waals surface area (Å²) in [6, 6.07) is 5.76. The third-order valence-electron chi connectivity index (χ3n) is 3.32. The van der Waals surface area contributed by atoms with Crippen molar-refractivity contribution in [2.45, 2.75) is 39.2 Å². The van der Waals surface area contributed by atoms with Crippen molar-refractivity contribution in [1.82, 2.24) is 5.32 Å². The van der Waals surface area contributed by atoms with Gasteiger partial charge in [-0.2, -0.15) is 0 Å². The van der Waals surface area contributed by atoms with E-state index in [9.17, 15) is 4.79 Å². The maximum Gasteiger partial charge on any atom is 0.241 e. The molecule has 0 saturated carbocycles. The number of benzene rings is 1. The Balaban J connectivity index is 2.06. The zero-order valence-electron chi connectivity index (χ0n) is 11.7. The minimum Gasteiger partial charge on any atom is -0.492 e. The van der Waals surface area contributed by atoms with E-state index < -0.39 is 0 Å². The van der Waals surface area contributed by atoms with Gasteiger partial charge in [-0.05, 0) is 50.9 Å². The number of anilines is 1. The van der Waals surface area contributed by atoms with Crippen LogP contribution in [-0.4, -0.2) is 25.1 Å². The monoisotopic (exact) mass is 262 g/mol. The van der Waals surface area contributed by atoms with Gasteiger partial charge in [0.2, 0.25) is 5.91 Å². The van der Waals surface area contributed by atoms with Crippen LogP contribution in [0.1, 0.15) is 31.7 Å². The summed E-state index contributed by atoms with van der Waals surface area (Å²) < 4.78 is 5.57. The number of carbonyl (C=O) groups excluding carboxylic acids is 1. The zero-order chi connectivity index (χ0) is 13.7. The van der Waals surface area contributed by atoms with Gasteiger partial charge < -0.3 is 15.4 Å². The number of ether oxygens (including phenoxy) is 1. The number of hydrogen-bond donors (Lipinski definition) is 2. The van der Waals surface area contributed by atoms with Crippen molar-refractivity contribution >= 4 is 11.6 Å². The molecule has 0 spiro atoms. The normalized spacial score (nSPS) is 18.9. The van der Waals surface area contributed by atoms with Crippen molar-refractivity contribution < 1.29 is 9.53 Å². The molecule has 19 heavy (non-hydrogen) atoms. The van der Waals surface area contributed by atoms with Crippen LogP contribution in [0.3, 0.4) is 0 Å². The first-order valence-electron chi connectivity index (χ1n) is 6.98. The third kappa shape index (κ3) is 3.70. The number of amides is 1. The van der Waals surface area contributed by atoms with Crippen molar-refractivity contribution in [3.05, 3.63) is 23.8 Å². The number of nitrogens with one attached hydrogen (secondary N) is 2. The van der Waals surface area contributed by atoms with Crippen LogP contribution in [0, 0.1) is 6.92 Å². The molecule has 1 amide bonds. The molecule has 1 saturated heterocycles. The quantitative estimate of drug-likeness (QED) is 0.876. The minimum absolute atomic E-state index is 0.0320. The summed E-state index contributed by atoms with van der Waals surface area (Å²) in [6.07, 6.45) is 3.16. The van der Waals surface area contributed by atoms with Crippen molar-refractivity contribution in [2.24, 2.45) is 0 Å². The molecule has 0 aromatic heterocycles. The average molecular weight is 262 g/mol. The van der Waals surface area contributed by atoms with Gasteiger partial charge in [-0.25, -0.2) is 0 Å². The van der Waals surface area contributed by atoms with Gasteiger partial charge in [-0.3, -0.25) is 4.79 Å². The molecule has 1 fully saturated rings. The Bertz CT molecular complexity index is 440. The Morgan fingerprint density at radius 2 is 2.32 bits per heavy atom. The topological polar surface area (TPSA) is 50.4 Å². The van der Waals surface area contributed by atoms with Gasteiger partial charge in [-0.15, -0.1) is 0 Å². The first-order valence-corrected chi connectivity index (χ1v) is 6.98. The van der Waals surface area contributed by atoms with Crippen LogP contribution in [0.5, 0.6) is 5.75 Å². The maximum absolute atomic E-state index is 12.2. The van der Waals surface area contributed by atoms with Gasteiger partial charge in [0.25, 0.3) is 0 Å². The van der Waals surface area contributed by atoms with Gasteiger partial charge in [0.05, 0.1) is 18.3 Å². The Labute approximate surface area is 114 Å². The maximum atomic E-state index is 12.2. The van der Waals surface area contributed by atoms with Crippen LogP contribution >= 0.6 is 0 Å². The number of rotatable bonds is 4. The molecule has 1 aliphatic rings. The summed E-state index contributed by atoms with van der Waals surface area (Å²) >= 11 is 0. The summed E-state index contributed by atoms with van der Waals surface area (Å²) in [4.78, 5) is 12.2. The van der Waals surface area contributed by atoms with Crippen LogP contribution in [0.25, 0.3) is 0 Å². The van der Waals surface area contributed by atoms with E-state index in [2.05, 4.69) is 10.6 Å². The van der Waals surface area contributed by atoms with Crippen molar-refractivity contribution in [1.29, 1.82) is 0 Å². The SMILES string of the molecule is CCOc1cc(C)ccc1NC(=O)C1CCCCN1. The lowest BCUT2D eigenvalue weighted by Gasteiger charge is -2.23. The molecule has 0 radical (unpaired) electrons. The second-order valence-electron chi connectivity index (χ2n) is 4.92. The van der Waals surface area contributed by atoms with Gasteiger partial charge in [0, 0.05) is 0 Å². The summed E-state index contributed by atoms with van der Waals surface area (Å²) in [5.41, 5.74) is 1.88. The molecule has 0 bridgehead atoms. The van der Waals surface area contributed by atoms with Gasteiger partial charge >= 0.3 is 0 Å². The number of carbonyl (C=O) groups is 1. The summed E-state index contributed by atoms with van der Waals surface area (Å²) in [6.45, 7) is 5.46. The Morgan fingerprint density at radius 3 is 3.00 bits per heavy atom. The van der Waals surface area contributed by atoms with Crippen LogP contribution in [0.4, 0.5) is 5.69 Å². The molecule has 4 heteroatoms. The number of hydrogen-bond acceptors (Lipinski definition) is 3. The Morgan fingerprint density at radius 1 is 1.47 bits per heavy atom. The Hall–Kier alpha value is -1.55. The fourth-order valence-corrected chi connectivity index (χ4v) is 2.30. The van der Waals surface area contributed by atoms with E-state index in [0.29, 0.717) is 6.61 Å². The lowest BCUT2D eigenvalue weighted by atomic mass is 10.0. The molecular formula is C15H22N2O2. The molecule has 1 atom stereocenters. The fraction of sp³-hybridized carbons (Fsp3) is 0.533. The molecule has 1 aromatic rings. The lowest BCUT2D eigenvalue weighted by molar-refractivity contribution is -0.118. The highest BCUT2D eigenvalue weighted by Gasteiger charge is 2.21. The molecule has 2 rings (SSSR count). The van der Waals surface area contributed by atoms with Crippen molar-refractivity contribution in [3.8, 4) is 5.75 Å². The van der Waals surface area contributed by atoms with E-state index in [1.54, 1.807) is 0 Å². The lowest BCUT2D eigenvalue weighted by Crippen LogP contribution is -2.43. The number of piperidine rings is 1. The van der Waals surface area contributed by atoms with Crippen molar-refractivity contribution in [2.75, 3.05) is 18.5 Å². The number of aryl methyl sites for hydroxylation is 1. The molecule has 1 aliphatic heterocycles. The van der Waals surface area contributed by atoms with E-state index in [1.165, 1.54) is 0 Å². The molecule has 0 aliphatic carbocycles. The molecule has 1 heterocycles. The van der Waals surface area contributed by atoms with E-state index in [4.69, 9.17) is 4.74 Å². The molecule has 2 N–H and O–H groups in total. The van der Waals surface area contributed by atoms with Gasteiger partial charge in [0.1, 0.15) is 5.75 Å². The Kier molecular flexibility index (Phi) is 4.80. The third-order valence-corrected chi connectivity index (χ3v) is 3.32. The molecule has 1 aromatic carbocycles. The van der Waals surface area contributed by atoms with Crippen LogP contribution in [-0.2, 0) is 4.79 Å². The summed E-state index contributed by atoms with van der Waals surface area (Å²) in [5.74, 6) is 0.774. The largest absolute Gasteiger partial charge is 0.492 e. The van der Waals surface area contributed by atoms with Crippen LogP contribution < -0.4 is 15.4 Å². The standard InChI is InChI=1S/C15H22N2O2/c1-3-19-14-10-11(2)7-8-12(14)17-15(18)13-6-4-5-9-16-13/h7-8,10,13,16H,3-6,9H2,1-2H3,(H,17,18). The zero-order valence-corrected chi connectivity index (χ0v) is 11.7. The summed E-state index contributed by atoms with van der Waals surface area (Å²) in [5, 5.41) is 6.21. The second kappa shape index (κ2) is 6.57. The van der Waals surface area contributed by atoms with Gasteiger partial charge in [-0.1, -0.05) is 12.5 Å². The minimum atomic E-state index is -0.0791. The highest BCUT2D eigenvalue weighted by atomic mass is 16.5. The summed E-state index contributed by atoms with van der Waals surface area (Å²) in [7, 11) is 0. The highest BCUT2D eigenvalue weighted by Crippen LogP contribution is 2.26. The molecule has 4 nitrogen and oxygen atoms in total. The van der Waals surface area contributed by atoms with Gasteiger partial charge in [0.15, 0.2) is 0 Å². The molecule has 104 valence electrons. The predicted molar refractivity (Wildman–Crippen MR) is 76.6 cm³/mol. The van der Waals surface area contributed by atoms with Crippen LogP contribution in [0.15, 0.2) is 18.2 Å². The average Bonchev–Trinajstić information content (AvgIpc) is 2.43. The molecular weight excluding hydrogens is 240 g/mol. The van der Waals surface area contributed by atoms with E-state index in [0.717, 1.165) is 42.8 Å². The van der Waals surface area contributed by atoms with Crippen molar-refractivity contribution in [3.63, 3.8) is 0 Å². The molecule has 1 unspecified atom stereocenters. The highest BCUT2D eigenvalue weighted by molar-refractivity contribution is 5.96. The first kappa shape index (κ1) is 13.9. The van der Waals surface area contributed by atoms with Crippen LogP contribution in [0.2, 0.25) is 0 Å². The van der Waals surface area contributed by atoms with E-state index in [1.807, 2.05) is 32.0 Å². The first-order chi connectivity index (χ1) is 9.20. The smallest absolute Gasteiger partial charge is 0.241 e. The predicted octanol–water partition coefficient (Wildman–Crippen LogP) is 2.47. The van der Waals surface area contributed by atoms with E-state index in [-0.39, 0.29) is 11.9 Å². The second-order valence-corrected chi connectivity index (χ2v) is 4.92. The van der Waals surface area contributed by atoms with E-state index >= 15 is 0 Å². The fourth-order valence-electron chi connectivity index (χ4n) is 2.30.